The smallest absolute Gasteiger partial charge is 0.347 e. The Balaban J connectivity index is 1.30. The molecule has 4 N–H and O–H groups in total. The van der Waals surface area contributed by atoms with Crippen LogP contribution < -0.4 is 4.74 Å². The molecule has 0 aliphatic carbocycles. The standard InChI is InChI=1S/C41H37N3O7/c1-27(40(49)50-26-41(23-45,24-46)25-47)51-34-20-21-35(36(48)22-34)39-43-37(32-16-12-30(13-17-32)28-8-4-2-5-9-28)42-38(44-39)33-18-14-31(15-19-33)29-10-6-3-7-11-29/h2-22,27,45-48H,23-26H2,1H3. The van der Waals surface area contributed by atoms with Gasteiger partial charge in [-0.1, -0.05) is 109 Å². The van der Waals surface area contributed by atoms with E-state index in [9.17, 15) is 25.2 Å². The van der Waals surface area contributed by atoms with Crippen LogP contribution in [-0.4, -0.2) is 73.9 Å². The van der Waals surface area contributed by atoms with E-state index in [1.54, 1.807) is 12.1 Å². The van der Waals surface area contributed by atoms with Crippen LogP contribution in [0.4, 0.5) is 0 Å². The molecule has 1 heterocycles. The molecule has 0 bridgehead atoms. The summed E-state index contributed by atoms with van der Waals surface area (Å²) in [5, 5.41) is 39.7. The van der Waals surface area contributed by atoms with Crippen molar-refractivity contribution >= 4 is 5.97 Å². The SMILES string of the molecule is CC(Oc1ccc(-c2nc(-c3ccc(-c4ccccc4)cc3)nc(-c3ccc(-c4ccccc4)cc3)n2)c(O)c1)C(=O)OCC(CO)(CO)CO. The number of ether oxygens (including phenoxy) is 2. The number of aromatic nitrogens is 3. The maximum absolute atomic E-state index is 12.6. The predicted molar refractivity (Wildman–Crippen MR) is 193 cm³/mol. The maximum atomic E-state index is 12.6. The highest BCUT2D eigenvalue weighted by molar-refractivity contribution is 5.76. The number of rotatable bonds is 13. The molecule has 1 unspecified atom stereocenters. The van der Waals surface area contributed by atoms with Gasteiger partial charge in [0.1, 0.15) is 18.1 Å². The molecule has 6 rings (SSSR count). The van der Waals surface area contributed by atoms with E-state index >= 15 is 0 Å². The van der Waals surface area contributed by atoms with Crippen molar-refractivity contribution in [2.24, 2.45) is 5.41 Å². The number of nitrogens with zero attached hydrogens (tertiary/aromatic N) is 3. The number of aliphatic hydroxyl groups is 3. The highest BCUT2D eigenvalue weighted by Crippen LogP contribution is 2.34. The molecule has 258 valence electrons. The average molecular weight is 684 g/mol. The van der Waals surface area contributed by atoms with E-state index in [1.807, 2.05) is 109 Å². The summed E-state index contributed by atoms with van der Waals surface area (Å²) >= 11 is 0. The molecule has 0 saturated heterocycles. The van der Waals surface area contributed by atoms with Crippen LogP contribution in [0, 0.1) is 5.41 Å². The van der Waals surface area contributed by atoms with Crippen molar-refractivity contribution in [3.8, 4) is 67.9 Å². The van der Waals surface area contributed by atoms with Crippen molar-refractivity contribution in [1.29, 1.82) is 0 Å². The second-order valence-corrected chi connectivity index (χ2v) is 12.2. The average Bonchev–Trinajstić information content (AvgIpc) is 3.19. The van der Waals surface area contributed by atoms with E-state index < -0.39 is 43.9 Å². The van der Waals surface area contributed by atoms with E-state index in [2.05, 4.69) is 0 Å². The van der Waals surface area contributed by atoms with E-state index in [0.29, 0.717) is 17.2 Å². The van der Waals surface area contributed by atoms with Crippen LogP contribution in [0.15, 0.2) is 127 Å². The first-order chi connectivity index (χ1) is 24.8. The summed E-state index contributed by atoms with van der Waals surface area (Å²) in [7, 11) is 0. The summed E-state index contributed by atoms with van der Waals surface area (Å²) in [6.45, 7) is -0.660. The lowest BCUT2D eigenvalue weighted by Gasteiger charge is -2.27. The number of hydrogen-bond acceptors (Lipinski definition) is 10. The minimum atomic E-state index is -1.37. The van der Waals surface area contributed by atoms with Crippen LogP contribution in [0.1, 0.15) is 6.92 Å². The van der Waals surface area contributed by atoms with Crippen LogP contribution in [0.25, 0.3) is 56.4 Å². The summed E-state index contributed by atoms with van der Waals surface area (Å²) in [5.74, 6) is 0.293. The van der Waals surface area contributed by atoms with Gasteiger partial charge in [-0.2, -0.15) is 0 Å². The Kier molecular flexibility index (Phi) is 10.8. The van der Waals surface area contributed by atoms with E-state index in [-0.39, 0.29) is 17.3 Å². The molecular weight excluding hydrogens is 646 g/mol. The van der Waals surface area contributed by atoms with Crippen LogP contribution in [0.3, 0.4) is 0 Å². The lowest BCUT2D eigenvalue weighted by Crippen LogP contribution is -2.41. The topological polar surface area (TPSA) is 155 Å². The van der Waals surface area contributed by atoms with Gasteiger partial charge in [-0.25, -0.2) is 19.7 Å². The molecule has 6 aromatic rings. The van der Waals surface area contributed by atoms with Crippen LogP contribution in [0.5, 0.6) is 11.5 Å². The second-order valence-electron chi connectivity index (χ2n) is 12.2. The molecular formula is C41H37N3O7. The molecule has 1 aromatic heterocycles. The minimum Gasteiger partial charge on any atom is -0.507 e. The number of aromatic hydroxyl groups is 1. The van der Waals surface area contributed by atoms with Gasteiger partial charge in [-0.05, 0) is 41.3 Å². The molecule has 0 fully saturated rings. The summed E-state index contributed by atoms with van der Waals surface area (Å²) in [6, 6.07) is 40.5. The summed E-state index contributed by atoms with van der Waals surface area (Å²) in [5.41, 5.74) is 4.75. The third-order valence-corrected chi connectivity index (χ3v) is 8.52. The minimum absolute atomic E-state index is 0.181. The molecule has 10 nitrogen and oxygen atoms in total. The Morgan fingerprint density at radius 3 is 1.49 bits per heavy atom. The number of carbonyl (C=O) groups excluding carboxylic acids is 1. The fourth-order valence-electron chi connectivity index (χ4n) is 5.29. The van der Waals surface area contributed by atoms with Crippen LogP contribution in [0.2, 0.25) is 0 Å². The molecule has 1 atom stereocenters. The highest BCUT2D eigenvalue weighted by Gasteiger charge is 2.31. The van der Waals surface area contributed by atoms with Gasteiger partial charge in [0.2, 0.25) is 0 Å². The fraction of sp³-hybridized carbons (Fsp3) is 0.171. The highest BCUT2D eigenvalue weighted by atomic mass is 16.6. The molecule has 0 aliphatic heterocycles. The van der Waals surface area contributed by atoms with Crippen molar-refractivity contribution in [2.45, 2.75) is 13.0 Å². The van der Waals surface area contributed by atoms with E-state index in [1.165, 1.54) is 13.0 Å². The van der Waals surface area contributed by atoms with Crippen molar-refractivity contribution in [1.82, 2.24) is 15.0 Å². The number of phenols is 1. The molecule has 0 amide bonds. The van der Waals surface area contributed by atoms with Gasteiger partial charge in [0, 0.05) is 17.2 Å². The lowest BCUT2D eigenvalue weighted by atomic mass is 9.93. The summed E-state index contributed by atoms with van der Waals surface area (Å²) in [4.78, 5) is 26.9. The number of aliphatic hydroxyl groups excluding tert-OH is 3. The zero-order valence-corrected chi connectivity index (χ0v) is 27.9. The van der Waals surface area contributed by atoms with Gasteiger partial charge in [0.25, 0.3) is 0 Å². The Labute approximate surface area is 295 Å². The molecule has 10 heteroatoms. The molecule has 0 spiro atoms. The number of esters is 1. The third-order valence-electron chi connectivity index (χ3n) is 8.52. The van der Waals surface area contributed by atoms with Gasteiger partial charge in [0.05, 0.1) is 30.8 Å². The van der Waals surface area contributed by atoms with Gasteiger partial charge >= 0.3 is 5.97 Å². The van der Waals surface area contributed by atoms with Gasteiger partial charge in [-0.3, -0.25) is 0 Å². The maximum Gasteiger partial charge on any atom is 0.347 e. The normalized spacial score (nSPS) is 11.9. The van der Waals surface area contributed by atoms with Crippen LogP contribution >= 0.6 is 0 Å². The van der Waals surface area contributed by atoms with E-state index in [0.717, 1.165) is 33.4 Å². The molecule has 0 radical (unpaired) electrons. The monoisotopic (exact) mass is 683 g/mol. The fourth-order valence-corrected chi connectivity index (χ4v) is 5.29. The van der Waals surface area contributed by atoms with Gasteiger partial charge in [0.15, 0.2) is 23.6 Å². The Hall–Kier alpha value is -5.94. The van der Waals surface area contributed by atoms with Crippen molar-refractivity contribution in [2.75, 3.05) is 26.4 Å². The second kappa shape index (κ2) is 15.7. The zero-order valence-electron chi connectivity index (χ0n) is 27.9. The van der Waals surface area contributed by atoms with Crippen molar-refractivity contribution < 1.29 is 34.7 Å². The number of carbonyl (C=O) groups is 1. The first-order valence-corrected chi connectivity index (χ1v) is 16.4. The predicted octanol–water partition coefficient (Wildman–Crippen LogP) is 6.19. The molecule has 51 heavy (non-hydrogen) atoms. The first kappa shape index (κ1) is 34.9. The number of hydrogen-bond donors (Lipinski definition) is 4. The lowest BCUT2D eigenvalue weighted by molar-refractivity contribution is -0.158. The largest absolute Gasteiger partial charge is 0.507 e. The number of phenolic OH excluding ortho intramolecular Hbond substituents is 1. The van der Waals surface area contributed by atoms with Crippen LogP contribution in [-0.2, 0) is 9.53 Å². The zero-order chi connectivity index (χ0) is 35.8. The first-order valence-electron chi connectivity index (χ1n) is 16.4. The van der Waals surface area contributed by atoms with Crippen molar-refractivity contribution in [3.63, 3.8) is 0 Å². The van der Waals surface area contributed by atoms with E-state index in [4.69, 9.17) is 24.4 Å². The number of benzene rings is 5. The Morgan fingerprint density at radius 2 is 1.04 bits per heavy atom. The molecule has 0 aliphatic rings. The van der Waals surface area contributed by atoms with Gasteiger partial charge < -0.3 is 29.9 Å². The quantitative estimate of drug-likeness (QED) is 0.104. The van der Waals surface area contributed by atoms with Gasteiger partial charge in [-0.15, -0.1) is 0 Å². The van der Waals surface area contributed by atoms with Crippen molar-refractivity contribution in [3.05, 3.63) is 127 Å². The molecule has 5 aromatic carbocycles. The molecule has 0 saturated carbocycles. The Bertz CT molecular complexity index is 1960. The Morgan fingerprint density at radius 1 is 0.608 bits per heavy atom. The third kappa shape index (κ3) is 8.11. The summed E-state index contributed by atoms with van der Waals surface area (Å²) < 4.78 is 10.9. The summed E-state index contributed by atoms with van der Waals surface area (Å²) in [6.07, 6.45) is -1.10.